The van der Waals surface area contributed by atoms with E-state index in [2.05, 4.69) is 0 Å². The number of amides is 1. The van der Waals surface area contributed by atoms with Gasteiger partial charge >= 0.3 is 11.9 Å². The van der Waals surface area contributed by atoms with Crippen LogP contribution in [0.3, 0.4) is 0 Å². The molecule has 0 bridgehead atoms. The standard InChI is InChI=1S/C27H27NO6/c1-31-23-12-8-21(9-13-23)27(20-6-4-3-5-7-20,22-10-14-24(32-2)15-11-22)34-19-17-28-16-18-33-26(30)25(28)29/h3-15H,16-19H2,1-2H3. The lowest BCUT2D eigenvalue weighted by Crippen LogP contribution is -2.47. The molecule has 34 heavy (non-hydrogen) atoms. The Morgan fingerprint density at radius 1 is 0.794 bits per heavy atom. The van der Waals surface area contributed by atoms with Gasteiger partial charge in [-0.3, -0.25) is 4.79 Å². The second kappa shape index (κ2) is 10.4. The van der Waals surface area contributed by atoms with Gasteiger partial charge in [0.15, 0.2) is 0 Å². The van der Waals surface area contributed by atoms with Crippen molar-refractivity contribution in [2.24, 2.45) is 0 Å². The Labute approximate surface area is 198 Å². The predicted molar refractivity (Wildman–Crippen MR) is 126 cm³/mol. The molecule has 4 rings (SSSR count). The van der Waals surface area contributed by atoms with Crippen molar-refractivity contribution in [3.8, 4) is 11.5 Å². The summed E-state index contributed by atoms with van der Waals surface area (Å²) in [6.07, 6.45) is 0. The Bertz CT molecular complexity index is 1060. The van der Waals surface area contributed by atoms with E-state index < -0.39 is 17.5 Å². The minimum atomic E-state index is -0.973. The summed E-state index contributed by atoms with van der Waals surface area (Å²) >= 11 is 0. The van der Waals surface area contributed by atoms with Crippen molar-refractivity contribution in [2.75, 3.05) is 40.5 Å². The molecule has 0 atom stereocenters. The molecule has 7 nitrogen and oxygen atoms in total. The van der Waals surface area contributed by atoms with E-state index in [4.69, 9.17) is 18.9 Å². The van der Waals surface area contributed by atoms with E-state index in [1.54, 1.807) is 14.2 Å². The molecule has 7 heteroatoms. The number of morpholine rings is 1. The smallest absolute Gasteiger partial charge is 0.397 e. The molecular formula is C27H27NO6. The first-order valence-electron chi connectivity index (χ1n) is 11.0. The van der Waals surface area contributed by atoms with Crippen LogP contribution in [0.1, 0.15) is 16.7 Å². The summed E-state index contributed by atoms with van der Waals surface area (Å²) in [4.78, 5) is 25.3. The summed E-state index contributed by atoms with van der Waals surface area (Å²) < 4.78 is 22.2. The third kappa shape index (κ3) is 4.61. The molecule has 1 heterocycles. The van der Waals surface area contributed by atoms with Crippen molar-refractivity contribution in [1.82, 2.24) is 4.90 Å². The molecular weight excluding hydrogens is 434 g/mol. The number of cyclic esters (lactones) is 1. The third-order valence-electron chi connectivity index (χ3n) is 5.91. The second-order valence-electron chi connectivity index (χ2n) is 7.78. The zero-order chi connectivity index (χ0) is 24.0. The van der Waals surface area contributed by atoms with Gasteiger partial charge in [0, 0.05) is 6.54 Å². The maximum absolute atomic E-state index is 12.2. The number of ether oxygens (including phenoxy) is 4. The van der Waals surface area contributed by atoms with Gasteiger partial charge in [-0.2, -0.15) is 0 Å². The van der Waals surface area contributed by atoms with Crippen LogP contribution in [0.15, 0.2) is 78.9 Å². The van der Waals surface area contributed by atoms with E-state index in [-0.39, 0.29) is 19.8 Å². The Balaban J connectivity index is 1.76. The fourth-order valence-corrected chi connectivity index (χ4v) is 4.14. The molecule has 0 N–H and O–H groups in total. The van der Waals surface area contributed by atoms with Gasteiger partial charge in [0.25, 0.3) is 0 Å². The number of hydrogen-bond acceptors (Lipinski definition) is 6. The lowest BCUT2D eigenvalue weighted by Gasteiger charge is -2.37. The number of nitrogens with zero attached hydrogens (tertiary/aromatic N) is 1. The normalized spacial score (nSPS) is 14.0. The molecule has 0 saturated carbocycles. The van der Waals surface area contributed by atoms with Crippen LogP contribution in [-0.2, 0) is 24.7 Å². The Kier molecular flexibility index (Phi) is 7.13. The predicted octanol–water partition coefficient (Wildman–Crippen LogP) is 3.40. The molecule has 0 spiro atoms. The summed E-state index contributed by atoms with van der Waals surface area (Å²) in [7, 11) is 3.25. The first-order chi connectivity index (χ1) is 16.6. The van der Waals surface area contributed by atoms with E-state index >= 15 is 0 Å². The minimum Gasteiger partial charge on any atom is -0.497 e. The van der Waals surface area contributed by atoms with Crippen molar-refractivity contribution in [2.45, 2.75) is 5.60 Å². The maximum atomic E-state index is 12.2. The lowest BCUT2D eigenvalue weighted by atomic mass is 9.80. The monoisotopic (exact) mass is 461 g/mol. The number of esters is 1. The van der Waals surface area contributed by atoms with E-state index in [9.17, 15) is 9.59 Å². The third-order valence-corrected chi connectivity index (χ3v) is 5.91. The van der Waals surface area contributed by atoms with E-state index in [1.807, 2.05) is 78.9 Å². The Morgan fingerprint density at radius 2 is 1.32 bits per heavy atom. The van der Waals surface area contributed by atoms with Crippen molar-refractivity contribution >= 4 is 11.9 Å². The molecule has 1 aliphatic heterocycles. The van der Waals surface area contributed by atoms with Crippen molar-refractivity contribution in [3.63, 3.8) is 0 Å². The van der Waals surface area contributed by atoms with Gasteiger partial charge in [-0.1, -0.05) is 54.6 Å². The van der Waals surface area contributed by atoms with E-state index in [0.717, 1.165) is 28.2 Å². The van der Waals surface area contributed by atoms with E-state index in [0.29, 0.717) is 6.54 Å². The molecule has 1 fully saturated rings. The summed E-state index contributed by atoms with van der Waals surface area (Å²) in [6, 6.07) is 25.4. The molecule has 0 unspecified atom stereocenters. The summed E-state index contributed by atoms with van der Waals surface area (Å²) in [5.41, 5.74) is 1.75. The molecule has 3 aromatic carbocycles. The van der Waals surface area contributed by atoms with Crippen molar-refractivity contribution < 1.29 is 28.5 Å². The molecule has 0 aromatic heterocycles. The zero-order valence-electron chi connectivity index (χ0n) is 19.2. The summed E-state index contributed by atoms with van der Waals surface area (Å²) in [6.45, 7) is 0.990. The van der Waals surface area contributed by atoms with Gasteiger partial charge < -0.3 is 23.8 Å². The number of hydrogen-bond donors (Lipinski definition) is 0. The molecule has 1 amide bonds. The lowest BCUT2D eigenvalue weighted by molar-refractivity contribution is -0.167. The quantitative estimate of drug-likeness (QED) is 0.276. The van der Waals surface area contributed by atoms with Crippen LogP contribution in [0.2, 0.25) is 0 Å². The maximum Gasteiger partial charge on any atom is 0.397 e. The van der Waals surface area contributed by atoms with Crippen LogP contribution in [0.4, 0.5) is 0 Å². The molecule has 1 saturated heterocycles. The molecule has 1 aliphatic rings. The first kappa shape index (κ1) is 23.3. The number of carbonyl (C=O) groups excluding carboxylic acids is 2. The fourth-order valence-electron chi connectivity index (χ4n) is 4.14. The topological polar surface area (TPSA) is 74.3 Å². The number of benzene rings is 3. The Hall–Kier alpha value is -3.84. The van der Waals surface area contributed by atoms with Crippen LogP contribution in [0.5, 0.6) is 11.5 Å². The highest BCUT2D eigenvalue weighted by atomic mass is 16.5. The summed E-state index contributed by atoms with van der Waals surface area (Å²) in [5.74, 6) is -0.00401. The van der Waals surface area contributed by atoms with Crippen LogP contribution in [0.25, 0.3) is 0 Å². The number of rotatable bonds is 9. The highest BCUT2D eigenvalue weighted by Gasteiger charge is 2.38. The van der Waals surface area contributed by atoms with Crippen molar-refractivity contribution in [3.05, 3.63) is 95.6 Å². The first-order valence-corrected chi connectivity index (χ1v) is 11.0. The van der Waals surface area contributed by atoms with Crippen molar-refractivity contribution in [1.29, 1.82) is 0 Å². The fraction of sp³-hybridized carbons (Fsp3) is 0.259. The minimum absolute atomic E-state index is 0.186. The van der Waals surface area contributed by atoms with Gasteiger partial charge in [0.1, 0.15) is 23.7 Å². The van der Waals surface area contributed by atoms with Crippen LogP contribution >= 0.6 is 0 Å². The van der Waals surface area contributed by atoms with Gasteiger partial charge in [-0.15, -0.1) is 0 Å². The zero-order valence-corrected chi connectivity index (χ0v) is 19.2. The largest absolute Gasteiger partial charge is 0.497 e. The van der Waals surface area contributed by atoms with Gasteiger partial charge in [0.05, 0.1) is 27.4 Å². The molecule has 3 aromatic rings. The van der Waals surface area contributed by atoms with Crippen LogP contribution in [-0.4, -0.2) is 57.3 Å². The average molecular weight is 462 g/mol. The molecule has 0 radical (unpaired) electrons. The number of methoxy groups -OCH3 is 2. The highest BCUT2D eigenvalue weighted by molar-refractivity contribution is 6.32. The number of carbonyl (C=O) groups is 2. The van der Waals surface area contributed by atoms with Crippen LogP contribution < -0.4 is 9.47 Å². The van der Waals surface area contributed by atoms with E-state index in [1.165, 1.54) is 4.90 Å². The van der Waals surface area contributed by atoms with Gasteiger partial charge in [-0.25, -0.2) is 4.79 Å². The SMILES string of the molecule is COc1ccc(C(OCCN2CCOC(=O)C2=O)(c2ccccc2)c2ccc(OC)cc2)cc1. The van der Waals surface area contributed by atoms with Gasteiger partial charge in [-0.05, 0) is 41.0 Å². The van der Waals surface area contributed by atoms with Crippen LogP contribution in [0, 0.1) is 0 Å². The summed E-state index contributed by atoms with van der Waals surface area (Å²) in [5, 5.41) is 0. The highest BCUT2D eigenvalue weighted by Crippen LogP contribution is 2.41. The van der Waals surface area contributed by atoms with Gasteiger partial charge in [0.2, 0.25) is 0 Å². The Morgan fingerprint density at radius 3 is 1.85 bits per heavy atom. The molecule has 176 valence electrons. The second-order valence-corrected chi connectivity index (χ2v) is 7.78. The average Bonchev–Trinajstić information content (AvgIpc) is 2.90. The molecule has 0 aliphatic carbocycles.